The average molecular weight is 792 g/mol. The largest absolute Gasteiger partial charge is 0.497 e. The summed E-state index contributed by atoms with van der Waals surface area (Å²) in [4.78, 5) is 29.9. The van der Waals surface area contributed by atoms with Gasteiger partial charge in [-0.05, 0) is 65.6 Å². The molecule has 10 nitrogen and oxygen atoms in total. The van der Waals surface area contributed by atoms with E-state index in [4.69, 9.17) is 9.47 Å². The standard InChI is InChI=1S/C47H49N5O5Si/c1-32-44(58(3,4)38-25-23-37(56-2)24-26-38)43(27-28-51-30-41(49-50-51)39(31-53)34-13-7-5-8-14-34)57-47(32)40-17-11-12-18-42(40)52(46(47)55)29-33-19-21-36(22-20-33)48-45(54)35-15-9-6-10-16-35/h5-26,30,32,39,43-44,53H,27-29,31H2,1-4H3,(H,48,54)/t32-,39?,43+,44-,47+/m1/s1. The SMILES string of the molecule is COc1ccc([Si](C)(C)[C@H]2[C@H](CCn3cc(C(CO)c4ccccc4)nn3)O[C@@]3(C(=O)N(Cc4ccc(NC(=O)c5ccccc5)cc4)c4ccccc43)[C@@H]2C)cc1. The minimum Gasteiger partial charge on any atom is -0.497 e. The molecule has 0 aliphatic carbocycles. The van der Waals surface area contributed by atoms with Crippen LogP contribution in [0.3, 0.4) is 0 Å². The summed E-state index contributed by atoms with van der Waals surface area (Å²) in [5.41, 5.74) is 4.49. The van der Waals surface area contributed by atoms with E-state index >= 15 is 4.79 Å². The number of hydrogen-bond acceptors (Lipinski definition) is 7. The second-order valence-electron chi connectivity index (χ2n) is 15.9. The van der Waals surface area contributed by atoms with Gasteiger partial charge in [0, 0.05) is 35.5 Å². The highest BCUT2D eigenvalue weighted by atomic mass is 28.3. The number of anilines is 2. The van der Waals surface area contributed by atoms with Gasteiger partial charge in [-0.3, -0.25) is 14.3 Å². The Morgan fingerprint density at radius 1 is 0.914 bits per heavy atom. The second kappa shape index (κ2) is 16.2. The maximum atomic E-state index is 15.2. The van der Waals surface area contributed by atoms with Crippen LogP contribution in [0.5, 0.6) is 5.75 Å². The summed E-state index contributed by atoms with van der Waals surface area (Å²) in [6.45, 7) is 7.77. The number of fused-ring (bicyclic) bond motifs is 2. The quantitative estimate of drug-likeness (QED) is 0.116. The van der Waals surface area contributed by atoms with Crippen LogP contribution < -0.4 is 20.1 Å². The molecule has 1 aromatic heterocycles. The van der Waals surface area contributed by atoms with Crippen LogP contribution in [-0.4, -0.2) is 59.8 Å². The third-order valence-corrected chi connectivity index (χ3v) is 16.6. The van der Waals surface area contributed by atoms with E-state index in [9.17, 15) is 9.90 Å². The minimum absolute atomic E-state index is 0.0582. The van der Waals surface area contributed by atoms with Gasteiger partial charge >= 0.3 is 0 Å². The summed E-state index contributed by atoms with van der Waals surface area (Å²) in [6.07, 6.45) is 2.27. The van der Waals surface area contributed by atoms with E-state index in [-0.39, 0.29) is 41.9 Å². The lowest BCUT2D eigenvalue weighted by atomic mass is 9.82. The number of rotatable bonds is 13. The maximum absolute atomic E-state index is 15.2. The van der Waals surface area contributed by atoms with E-state index in [0.717, 1.165) is 28.1 Å². The molecule has 8 rings (SSSR count). The predicted octanol–water partition coefficient (Wildman–Crippen LogP) is 7.52. The summed E-state index contributed by atoms with van der Waals surface area (Å²) in [5, 5.41) is 23.5. The molecular weight excluding hydrogens is 743 g/mol. The Morgan fingerprint density at radius 3 is 2.28 bits per heavy atom. The number of aromatic nitrogens is 3. The molecule has 1 fully saturated rings. The molecule has 5 aromatic carbocycles. The summed E-state index contributed by atoms with van der Waals surface area (Å²) in [6, 6.07) is 43.1. The van der Waals surface area contributed by atoms with Crippen LogP contribution in [0, 0.1) is 5.92 Å². The molecule has 1 saturated heterocycles. The number of methoxy groups -OCH3 is 1. The van der Waals surface area contributed by atoms with Crippen LogP contribution in [0.4, 0.5) is 11.4 Å². The highest BCUT2D eigenvalue weighted by Gasteiger charge is 2.66. The number of nitrogens with zero attached hydrogens (tertiary/aromatic N) is 4. The van der Waals surface area contributed by atoms with E-state index in [1.807, 2.05) is 119 Å². The van der Waals surface area contributed by atoms with Crippen LogP contribution in [0.15, 0.2) is 140 Å². The molecule has 5 atom stereocenters. The fourth-order valence-corrected chi connectivity index (χ4v) is 13.3. The fourth-order valence-electron chi connectivity index (χ4n) is 9.26. The van der Waals surface area contributed by atoms with Gasteiger partial charge in [0.05, 0.1) is 51.7 Å². The molecule has 2 N–H and O–H groups in total. The van der Waals surface area contributed by atoms with E-state index in [2.05, 4.69) is 53.8 Å². The molecule has 2 aliphatic rings. The van der Waals surface area contributed by atoms with Crippen molar-refractivity contribution in [1.82, 2.24) is 15.0 Å². The first kappa shape index (κ1) is 39.0. The summed E-state index contributed by atoms with van der Waals surface area (Å²) in [7, 11) is -0.682. The van der Waals surface area contributed by atoms with Crippen molar-refractivity contribution in [1.29, 1.82) is 0 Å². The Bertz CT molecular complexity index is 2370. The molecule has 6 aromatic rings. The highest BCUT2D eigenvalue weighted by Crippen LogP contribution is 2.60. The number of ether oxygens (including phenoxy) is 2. The number of aliphatic hydroxyl groups is 1. The topological polar surface area (TPSA) is 119 Å². The van der Waals surface area contributed by atoms with Gasteiger partial charge in [0.15, 0.2) is 5.60 Å². The number of aliphatic hydroxyl groups excluding tert-OH is 1. The molecule has 1 spiro atoms. The van der Waals surface area contributed by atoms with Gasteiger partial charge in [0.25, 0.3) is 11.8 Å². The number of carbonyl (C=O) groups is 2. The van der Waals surface area contributed by atoms with Gasteiger partial charge < -0.3 is 24.8 Å². The Morgan fingerprint density at radius 2 is 1.59 bits per heavy atom. The van der Waals surface area contributed by atoms with Crippen LogP contribution in [0.1, 0.15) is 52.0 Å². The van der Waals surface area contributed by atoms with Gasteiger partial charge in [0.1, 0.15) is 5.75 Å². The number of carbonyl (C=O) groups excluding carboxylic acids is 2. The monoisotopic (exact) mass is 791 g/mol. The Kier molecular flexibility index (Phi) is 10.9. The van der Waals surface area contributed by atoms with Crippen molar-refractivity contribution in [2.45, 2.75) is 62.7 Å². The molecule has 0 radical (unpaired) electrons. The number of nitrogens with one attached hydrogen (secondary N) is 1. The molecule has 58 heavy (non-hydrogen) atoms. The van der Waals surface area contributed by atoms with Gasteiger partial charge in [-0.1, -0.05) is 121 Å². The molecule has 2 aliphatic heterocycles. The van der Waals surface area contributed by atoms with Gasteiger partial charge in [-0.2, -0.15) is 0 Å². The van der Waals surface area contributed by atoms with Crippen molar-refractivity contribution in [3.8, 4) is 5.75 Å². The Labute approximate surface area is 340 Å². The van der Waals surface area contributed by atoms with Crippen molar-refractivity contribution >= 4 is 36.4 Å². The summed E-state index contributed by atoms with van der Waals surface area (Å²) >= 11 is 0. The lowest BCUT2D eigenvalue weighted by Crippen LogP contribution is -2.51. The lowest BCUT2D eigenvalue weighted by molar-refractivity contribution is -0.146. The first-order valence-electron chi connectivity index (χ1n) is 19.9. The molecular formula is C47H49N5O5Si. The maximum Gasteiger partial charge on any atom is 0.264 e. The van der Waals surface area contributed by atoms with E-state index in [0.29, 0.717) is 36.5 Å². The Hall–Kier alpha value is -5.88. The molecule has 2 amide bonds. The van der Waals surface area contributed by atoms with Gasteiger partial charge in [-0.15, -0.1) is 5.10 Å². The van der Waals surface area contributed by atoms with Crippen molar-refractivity contribution in [2.24, 2.45) is 5.92 Å². The van der Waals surface area contributed by atoms with Crippen LogP contribution in [0.2, 0.25) is 18.6 Å². The molecule has 3 heterocycles. The van der Waals surface area contributed by atoms with Crippen molar-refractivity contribution in [3.63, 3.8) is 0 Å². The summed E-state index contributed by atoms with van der Waals surface area (Å²) < 4.78 is 14.7. The van der Waals surface area contributed by atoms with E-state index < -0.39 is 13.7 Å². The van der Waals surface area contributed by atoms with Crippen molar-refractivity contribution < 1.29 is 24.2 Å². The minimum atomic E-state index is -2.36. The number of para-hydroxylation sites is 1. The zero-order valence-electron chi connectivity index (χ0n) is 33.3. The second-order valence-corrected chi connectivity index (χ2v) is 20.6. The average Bonchev–Trinajstić information content (AvgIpc) is 3.92. The number of aryl methyl sites for hydroxylation is 1. The number of benzene rings is 5. The zero-order valence-corrected chi connectivity index (χ0v) is 34.3. The molecule has 1 unspecified atom stereocenters. The smallest absolute Gasteiger partial charge is 0.264 e. The lowest BCUT2D eigenvalue weighted by Gasteiger charge is -2.37. The van der Waals surface area contributed by atoms with E-state index in [1.165, 1.54) is 5.19 Å². The molecule has 11 heteroatoms. The van der Waals surface area contributed by atoms with E-state index in [1.54, 1.807) is 19.2 Å². The molecule has 296 valence electrons. The van der Waals surface area contributed by atoms with Crippen LogP contribution >= 0.6 is 0 Å². The van der Waals surface area contributed by atoms with Crippen LogP contribution in [0.25, 0.3) is 0 Å². The normalized spacial score (nSPS) is 20.6. The van der Waals surface area contributed by atoms with Crippen molar-refractivity contribution in [2.75, 3.05) is 23.9 Å². The van der Waals surface area contributed by atoms with Crippen LogP contribution in [-0.2, 0) is 28.2 Å². The highest BCUT2D eigenvalue weighted by molar-refractivity contribution is 6.91. The number of amides is 2. The first-order chi connectivity index (χ1) is 28.1. The van der Waals surface area contributed by atoms with Gasteiger partial charge in [0.2, 0.25) is 0 Å². The predicted molar refractivity (Wildman–Crippen MR) is 228 cm³/mol. The zero-order chi connectivity index (χ0) is 40.4. The summed E-state index contributed by atoms with van der Waals surface area (Å²) in [5.74, 6) is 0.128. The third kappa shape index (κ3) is 7.14. The third-order valence-electron chi connectivity index (χ3n) is 12.3. The Balaban J connectivity index is 1.09. The molecule has 0 saturated carbocycles. The number of hydrogen-bond donors (Lipinski definition) is 2. The molecule has 0 bridgehead atoms. The van der Waals surface area contributed by atoms with Crippen molar-refractivity contribution in [3.05, 3.63) is 168 Å². The van der Waals surface area contributed by atoms with Gasteiger partial charge in [-0.25, -0.2) is 0 Å². The first-order valence-corrected chi connectivity index (χ1v) is 23.0. The fraction of sp³-hybridized carbons (Fsp3) is 0.277.